The van der Waals surface area contributed by atoms with Crippen LogP contribution >= 0.6 is 9.53 Å². The van der Waals surface area contributed by atoms with Gasteiger partial charge in [0.15, 0.2) is 0 Å². The number of aliphatic hydroxyl groups is 1. The molecule has 0 spiro atoms. The maximum atomic E-state index is 11.5. The fourth-order valence-electron chi connectivity index (χ4n) is 1.16. The fourth-order valence-corrected chi connectivity index (χ4v) is 1.16. The van der Waals surface area contributed by atoms with E-state index < -0.39 is 5.91 Å². The number of nitrogens with zero attached hydrogens (tertiary/aromatic N) is 3. The predicted molar refractivity (Wildman–Crippen MR) is 90.0 cm³/mol. The maximum absolute atomic E-state index is 11.5. The van der Waals surface area contributed by atoms with Crippen molar-refractivity contribution in [2.45, 2.75) is 20.8 Å². The van der Waals surface area contributed by atoms with Crippen molar-refractivity contribution in [1.29, 1.82) is 0 Å². The van der Waals surface area contributed by atoms with Gasteiger partial charge in [-0.1, -0.05) is 22.9 Å². The molecule has 23 heavy (non-hydrogen) atoms. The molecule has 1 rings (SSSR count). The number of aliphatic hydroxyl groups excluding tert-OH is 1. The van der Waals surface area contributed by atoms with Crippen LogP contribution in [-0.2, 0) is 23.0 Å². The molecule has 0 saturated carbocycles. The average molecular weight is 435 g/mol. The number of amides is 1. The van der Waals surface area contributed by atoms with Gasteiger partial charge in [0.05, 0.1) is 18.2 Å². The Hall–Kier alpha value is -1.46. The molecule has 0 aliphatic rings. The number of oxime groups is 1. The first-order valence-electron chi connectivity index (χ1n) is 6.37. The molecular formula is C14H21ClN4O3Pd. The number of carbonyl (C=O) groups excluding carboxylic acids is 1. The van der Waals surface area contributed by atoms with Gasteiger partial charge in [0.25, 0.3) is 0 Å². The summed E-state index contributed by atoms with van der Waals surface area (Å²) in [5.41, 5.74) is 6.24. The Balaban J connectivity index is 0. The standard InChI is InChI=1S/C13H18N4O2.CH4O.ClH.Pd/c1-9-4-6-12(7-5-9)14-8-13(18)16-15-10(2)11(3)17-19;1-2;;/h4-7,14H,8H2,1-3H3,(H2,15,16,17,18,19);2H,1H3;1H;/q;;;+2/p-2. The monoisotopic (exact) mass is 434 g/mol. The molecule has 132 valence electrons. The second-order valence-electron chi connectivity index (χ2n) is 4.08. The Morgan fingerprint density at radius 1 is 1.22 bits per heavy atom. The van der Waals surface area contributed by atoms with Crippen LogP contribution in [0.15, 0.2) is 34.5 Å². The van der Waals surface area contributed by atoms with Crippen LogP contribution in [0.1, 0.15) is 19.4 Å². The topological polar surface area (TPSA) is 108 Å². The van der Waals surface area contributed by atoms with E-state index in [1.165, 1.54) is 0 Å². The number of hydrogen-bond donors (Lipinski definition) is 3. The molecule has 1 amide bonds. The molecule has 3 N–H and O–H groups in total. The van der Waals surface area contributed by atoms with Crippen molar-refractivity contribution in [3.8, 4) is 0 Å². The van der Waals surface area contributed by atoms with E-state index in [9.17, 15) is 4.79 Å². The Labute approximate surface area is 151 Å². The second-order valence-corrected chi connectivity index (χ2v) is 4.08. The fraction of sp³-hybridized carbons (Fsp3) is 0.357. The van der Waals surface area contributed by atoms with Gasteiger partial charge in [0, 0.05) is 18.5 Å². The van der Waals surface area contributed by atoms with E-state index in [-0.39, 0.29) is 6.54 Å². The molecule has 0 unspecified atom stereocenters. The molecule has 0 radical (unpaired) electrons. The van der Waals surface area contributed by atoms with Gasteiger partial charge in [-0.05, 0) is 32.9 Å². The SMILES string of the molecule is CC(=N/[N-]C(=O)CNc1ccc(C)cc1)/C(C)=N/O.CO.[Cl][Pd+]. The molecule has 0 aliphatic heterocycles. The number of carbonyl (C=O) groups is 1. The molecule has 7 nitrogen and oxygen atoms in total. The zero-order valence-corrected chi connectivity index (χ0v) is 15.7. The molecule has 0 atom stereocenters. The molecular weight excluding hydrogens is 414 g/mol. The van der Waals surface area contributed by atoms with Crippen molar-refractivity contribution in [3.63, 3.8) is 0 Å². The van der Waals surface area contributed by atoms with Gasteiger partial charge in [-0.15, -0.1) is 0 Å². The summed E-state index contributed by atoms with van der Waals surface area (Å²) in [5, 5.41) is 25.1. The Morgan fingerprint density at radius 2 is 1.74 bits per heavy atom. The molecule has 0 aromatic heterocycles. The Bertz CT molecular complexity index is 507. The third kappa shape index (κ3) is 11.7. The van der Waals surface area contributed by atoms with Gasteiger partial charge >= 0.3 is 27.7 Å². The number of anilines is 1. The second kappa shape index (κ2) is 15.4. The van der Waals surface area contributed by atoms with Gasteiger partial charge in [-0.25, -0.2) is 0 Å². The van der Waals surface area contributed by atoms with E-state index in [0.29, 0.717) is 11.4 Å². The first-order chi connectivity index (χ1) is 11.0. The van der Waals surface area contributed by atoms with Gasteiger partial charge in [-0.3, -0.25) is 0 Å². The molecule has 1 aromatic carbocycles. The van der Waals surface area contributed by atoms with Crippen LogP contribution in [0, 0.1) is 6.92 Å². The summed E-state index contributed by atoms with van der Waals surface area (Å²) in [4.78, 5) is 11.5. The van der Waals surface area contributed by atoms with Gasteiger partial charge in [-0.2, -0.15) is 0 Å². The number of benzene rings is 1. The average Bonchev–Trinajstić information content (AvgIpc) is 2.61. The van der Waals surface area contributed by atoms with Crippen LogP contribution in [0.3, 0.4) is 0 Å². The third-order valence-electron chi connectivity index (χ3n) is 2.48. The van der Waals surface area contributed by atoms with E-state index in [1.807, 2.05) is 31.2 Å². The number of nitrogens with one attached hydrogen (secondary N) is 1. The van der Waals surface area contributed by atoms with Gasteiger partial charge in [0.1, 0.15) is 0 Å². The van der Waals surface area contributed by atoms with Crippen LogP contribution in [-0.4, -0.2) is 41.3 Å². The van der Waals surface area contributed by atoms with Gasteiger partial charge < -0.3 is 31.0 Å². The summed E-state index contributed by atoms with van der Waals surface area (Å²) in [5.74, 6) is -0.398. The molecule has 9 heteroatoms. The van der Waals surface area contributed by atoms with E-state index in [4.69, 9.17) is 10.3 Å². The number of aryl methyl sites for hydroxylation is 1. The molecule has 0 saturated heterocycles. The van der Waals surface area contributed by atoms with E-state index in [1.54, 1.807) is 13.8 Å². The van der Waals surface area contributed by atoms with E-state index >= 15 is 0 Å². The minimum atomic E-state index is -0.398. The number of hydrogen-bond acceptors (Lipinski definition) is 6. The zero-order valence-electron chi connectivity index (χ0n) is 13.4. The Kier molecular flexibility index (Phi) is 16.0. The summed E-state index contributed by atoms with van der Waals surface area (Å²) in [6.07, 6.45) is 0. The summed E-state index contributed by atoms with van der Waals surface area (Å²) in [6, 6.07) is 7.68. The van der Waals surface area contributed by atoms with Crippen LogP contribution in [0.25, 0.3) is 5.43 Å². The van der Waals surface area contributed by atoms with Crippen LogP contribution in [0.5, 0.6) is 0 Å². The summed E-state index contributed by atoms with van der Waals surface area (Å²) in [6.45, 7) is 5.24. The van der Waals surface area contributed by atoms with Crippen molar-refractivity contribution in [1.82, 2.24) is 0 Å². The first kappa shape index (κ1) is 23.8. The predicted octanol–water partition coefficient (Wildman–Crippen LogP) is 2.83. The minimum absolute atomic E-state index is 0.0646. The van der Waals surface area contributed by atoms with Crippen molar-refractivity contribution in [2.24, 2.45) is 10.3 Å². The van der Waals surface area contributed by atoms with E-state index in [2.05, 4.69) is 48.7 Å². The van der Waals surface area contributed by atoms with Crippen molar-refractivity contribution < 1.29 is 33.3 Å². The van der Waals surface area contributed by atoms with Crippen molar-refractivity contribution in [3.05, 3.63) is 35.3 Å². The van der Waals surface area contributed by atoms with Gasteiger partial charge in [0.2, 0.25) is 0 Å². The van der Waals surface area contributed by atoms with E-state index in [0.717, 1.165) is 18.4 Å². The quantitative estimate of drug-likeness (QED) is 0.286. The van der Waals surface area contributed by atoms with Crippen LogP contribution in [0.2, 0.25) is 0 Å². The zero-order chi connectivity index (χ0) is 18.3. The van der Waals surface area contributed by atoms with Crippen molar-refractivity contribution in [2.75, 3.05) is 19.0 Å². The first-order valence-corrected chi connectivity index (χ1v) is 8.37. The summed E-state index contributed by atoms with van der Waals surface area (Å²) < 4.78 is 0. The molecule has 0 aliphatic carbocycles. The van der Waals surface area contributed by atoms with Crippen LogP contribution < -0.4 is 5.32 Å². The molecule has 1 aromatic rings. The third-order valence-corrected chi connectivity index (χ3v) is 2.48. The molecule has 0 bridgehead atoms. The van der Waals surface area contributed by atoms with Crippen molar-refractivity contribution >= 4 is 32.5 Å². The number of rotatable bonds is 5. The molecule has 0 fully saturated rings. The number of halogens is 1. The normalized spacial score (nSPS) is 10.6. The summed E-state index contributed by atoms with van der Waals surface area (Å²) >= 11 is 2.22. The van der Waals surface area contributed by atoms with Crippen LogP contribution in [0.4, 0.5) is 5.69 Å². The summed E-state index contributed by atoms with van der Waals surface area (Å²) in [7, 11) is 5.49. The molecule has 0 heterocycles. The Morgan fingerprint density at radius 3 is 2.22 bits per heavy atom.